The second-order valence-electron chi connectivity index (χ2n) is 4.47. The summed E-state index contributed by atoms with van der Waals surface area (Å²) < 4.78 is 0. The molecule has 0 unspecified atom stereocenters. The van der Waals surface area contributed by atoms with Crippen molar-refractivity contribution in [2.75, 3.05) is 5.73 Å². The zero-order valence-electron chi connectivity index (χ0n) is 10.7. The molecule has 3 rings (SSSR count). The van der Waals surface area contributed by atoms with Crippen LogP contribution in [0.3, 0.4) is 0 Å². The quantitative estimate of drug-likeness (QED) is 0.698. The Morgan fingerprint density at radius 3 is 2.40 bits per heavy atom. The van der Waals surface area contributed by atoms with E-state index in [4.69, 9.17) is 5.73 Å². The van der Waals surface area contributed by atoms with E-state index >= 15 is 0 Å². The Kier molecular flexibility index (Phi) is 3.05. The molecular formula is C16H13N3O. The summed E-state index contributed by atoms with van der Waals surface area (Å²) in [5.74, 6) is 0.517. The van der Waals surface area contributed by atoms with Crippen LogP contribution in [0.15, 0.2) is 65.5 Å². The van der Waals surface area contributed by atoms with Crippen molar-refractivity contribution in [1.29, 1.82) is 0 Å². The van der Waals surface area contributed by atoms with Gasteiger partial charge in [-0.1, -0.05) is 42.5 Å². The van der Waals surface area contributed by atoms with Crippen LogP contribution in [0.2, 0.25) is 0 Å². The third-order valence-electron chi connectivity index (χ3n) is 2.97. The molecule has 4 nitrogen and oxygen atoms in total. The summed E-state index contributed by atoms with van der Waals surface area (Å²) in [6, 6.07) is 18.4. The van der Waals surface area contributed by atoms with Crippen LogP contribution in [0.5, 0.6) is 0 Å². The second-order valence-corrected chi connectivity index (χ2v) is 4.47. The minimum atomic E-state index is -0.184. The molecule has 0 radical (unpaired) electrons. The number of hydrogen-bond donors (Lipinski definition) is 2. The largest absolute Gasteiger partial charge is 0.399 e. The fourth-order valence-electron chi connectivity index (χ4n) is 2.04. The van der Waals surface area contributed by atoms with E-state index in [0.29, 0.717) is 17.2 Å². The van der Waals surface area contributed by atoms with E-state index in [1.54, 1.807) is 12.1 Å². The van der Waals surface area contributed by atoms with Gasteiger partial charge >= 0.3 is 0 Å². The second kappa shape index (κ2) is 5.01. The topological polar surface area (TPSA) is 71.8 Å². The first-order valence-corrected chi connectivity index (χ1v) is 6.25. The lowest BCUT2D eigenvalue weighted by molar-refractivity contribution is 1.13. The molecule has 2 aromatic carbocycles. The molecule has 98 valence electrons. The van der Waals surface area contributed by atoms with E-state index < -0.39 is 0 Å². The van der Waals surface area contributed by atoms with Crippen molar-refractivity contribution in [1.82, 2.24) is 9.97 Å². The Morgan fingerprint density at radius 1 is 0.900 bits per heavy atom. The highest BCUT2D eigenvalue weighted by Crippen LogP contribution is 2.20. The minimum absolute atomic E-state index is 0.184. The number of nitrogens with two attached hydrogens (primary N) is 1. The van der Waals surface area contributed by atoms with Gasteiger partial charge in [-0.15, -0.1) is 0 Å². The van der Waals surface area contributed by atoms with E-state index in [-0.39, 0.29) is 5.56 Å². The van der Waals surface area contributed by atoms with Crippen LogP contribution in [-0.2, 0) is 0 Å². The number of rotatable bonds is 2. The number of H-pyrrole nitrogens is 1. The smallest absolute Gasteiger partial charge is 0.251 e. The Bertz CT molecular complexity index is 794. The van der Waals surface area contributed by atoms with Gasteiger partial charge < -0.3 is 10.7 Å². The first-order valence-electron chi connectivity index (χ1n) is 6.25. The maximum atomic E-state index is 11.8. The maximum Gasteiger partial charge on any atom is 0.251 e. The van der Waals surface area contributed by atoms with Crippen molar-refractivity contribution in [2.24, 2.45) is 0 Å². The van der Waals surface area contributed by atoms with Crippen molar-refractivity contribution in [3.05, 3.63) is 71.0 Å². The number of nitrogen functional groups attached to an aromatic ring is 1. The number of anilines is 1. The molecule has 0 spiro atoms. The Balaban J connectivity index is 2.15. The van der Waals surface area contributed by atoms with Gasteiger partial charge in [-0.3, -0.25) is 4.79 Å². The van der Waals surface area contributed by atoms with Crippen LogP contribution in [-0.4, -0.2) is 9.97 Å². The van der Waals surface area contributed by atoms with E-state index in [1.165, 1.54) is 6.07 Å². The van der Waals surface area contributed by atoms with Crippen molar-refractivity contribution in [3.8, 4) is 22.6 Å². The normalized spacial score (nSPS) is 10.4. The molecule has 3 N–H and O–H groups in total. The zero-order chi connectivity index (χ0) is 13.9. The van der Waals surface area contributed by atoms with Gasteiger partial charge in [0.15, 0.2) is 0 Å². The Labute approximate surface area is 115 Å². The van der Waals surface area contributed by atoms with Crippen LogP contribution in [0.4, 0.5) is 5.69 Å². The molecule has 3 aromatic rings. The third-order valence-corrected chi connectivity index (χ3v) is 2.97. The minimum Gasteiger partial charge on any atom is -0.399 e. The van der Waals surface area contributed by atoms with Gasteiger partial charge in [0.25, 0.3) is 5.56 Å². The molecule has 0 aliphatic carbocycles. The number of aromatic nitrogens is 2. The summed E-state index contributed by atoms with van der Waals surface area (Å²) in [6.45, 7) is 0. The van der Waals surface area contributed by atoms with E-state index in [2.05, 4.69) is 9.97 Å². The first kappa shape index (κ1) is 12.2. The van der Waals surface area contributed by atoms with Gasteiger partial charge in [-0.2, -0.15) is 0 Å². The summed E-state index contributed by atoms with van der Waals surface area (Å²) >= 11 is 0. The molecule has 0 bridgehead atoms. The molecule has 0 aliphatic heterocycles. The molecule has 0 amide bonds. The van der Waals surface area contributed by atoms with Crippen LogP contribution >= 0.6 is 0 Å². The summed E-state index contributed by atoms with van der Waals surface area (Å²) in [6.07, 6.45) is 0. The van der Waals surface area contributed by atoms with Gasteiger partial charge in [-0.05, 0) is 12.1 Å². The van der Waals surface area contributed by atoms with Crippen molar-refractivity contribution in [3.63, 3.8) is 0 Å². The highest BCUT2D eigenvalue weighted by molar-refractivity contribution is 5.65. The zero-order valence-corrected chi connectivity index (χ0v) is 10.7. The summed E-state index contributed by atoms with van der Waals surface area (Å²) in [5, 5.41) is 0. The molecule has 4 heteroatoms. The molecule has 20 heavy (non-hydrogen) atoms. The average Bonchev–Trinajstić information content (AvgIpc) is 2.47. The van der Waals surface area contributed by atoms with Crippen molar-refractivity contribution >= 4 is 5.69 Å². The van der Waals surface area contributed by atoms with Gasteiger partial charge in [0.2, 0.25) is 0 Å². The van der Waals surface area contributed by atoms with E-state index in [0.717, 1.165) is 11.1 Å². The van der Waals surface area contributed by atoms with Gasteiger partial charge in [0, 0.05) is 22.9 Å². The van der Waals surface area contributed by atoms with E-state index in [9.17, 15) is 4.79 Å². The van der Waals surface area contributed by atoms with Crippen LogP contribution < -0.4 is 11.3 Å². The average molecular weight is 263 g/mol. The van der Waals surface area contributed by atoms with Gasteiger partial charge in [0.1, 0.15) is 5.82 Å². The van der Waals surface area contributed by atoms with Gasteiger partial charge in [0.05, 0.1) is 5.69 Å². The van der Waals surface area contributed by atoms with Crippen molar-refractivity contribution in [2.45, 2.75) is 0 Å². The number of hydrogen-bond acceptors (Lipinski definition) is 3. The summed E-state index contributed by atoms with van der Waals surface area (Å²) in [4.78, 5) is 19.1. The molecule has 0 saturated heterocycles. The first-order chi connectivity index (χ1) is 9.72. The number of nitrogens with zero attached hydrogens (tertiary/aromatic N) is 1. The Hall–Kier alpha value is -2.88. The summed E-state index contributed by atoms with van der Waals surface area (Å²) in [5.41, 5.74) is 8.56. The van der Waals surface area contributed by atoms with Gasteiger partial charge in [-0.25, -0.2) is 4.98 Å². The fraction of sp³-hybridized carbons (Fsp3) is 0. The molecule has 1 heterocycles. The molecule has 0 atom stereocenters. The molecule has 0 saturated carbocycles. The standard InChI is InChI=1S/C16H13N3O/c17-13-8-4-7-12(9-13)16-18-14(10-15(20)19-16)11-5-2-1-3-6-11/h1-10H,17H2,(H,18,19,20). The fourth-order valence-corrected chi connectivity index (χ4v) is 2.04. The van der Waals surface area contributed by atoms with Crippen molar-refractivity contribution < 1.29 is 0 Å². The van der Waals surface area contributed by atoms with Crippen LogP contribution in [0.1, 0.15) is 0 Å². The lowest BCUT2D eigenvalue weighted by atomic mass is 10.1. The predicted octanol–water partition coefficient (Wildman–Crippen LogP) is 2.69. The molecule has 0 aliphatic rings. The summed E-state index contributed by atoms with van der Waals surface area (Å²) in [7, 11) is 0. The monoisotopic (exact) mass is 263 g/mol. The number of nitrogens with one attached hydrogen (secondary N) is 1. The highest BCUT2D eigenvalue weighted by Gasteiger charge is 2.06. The lowest BCUT2D eigenvalue weighted by Gasteiger charge is -2.05. The Morgan fingerprint density at radius 2 is 1.65 bits per heavy atom. The molecule has 1 aromatic heterocycles. The SMILES string of the molecule is Nc1cccc(-c2nc(-c3ccccc3)cc(=O)[nH]2)c1. The predicted molar refractivity (Wildman–Crippen MR) is 80.1 cm³/mol. The molecule has 0 fully saturated rings. The maximum absolute atomic E-state index is 11.8. The highest BCUT2D eigenvalue weighted by atomic mass is 16.1. The third kappa shape index (κ3) is 2.44. The number of aromatic amines is 1. The van der Waals surface area contributed by atoms with E-state index in [1.807, 2.05) is 42.5 Å². The van der Waals surface area contributed by atoms with Crippen LogP contribution in [0.25, 0.3) is 22.6 Å². The lowest BCUT2D eigenvalue weighted by Crippen LogP contribution is -2.08. The number of benzene rings is 2. The molecular weight excluding hydrogens is 250 g/mol. The van der Waals surface area contributed by atoms with Crippen LogP contribution in [0, 0.1) is 0 Å².